The quantitative estimate of drug-likeness (QED) is 0.0230. The van der Waals surface area contributed by atoms with Crippen molar-refractivity contribution in [1.82, 2.24) is 0 Å². The Morgan fingerprint density at radius 1 is 0.585 bits per heavy atom. The van der Waals surface area contributed by atoms with Gasteiger partial charge in [0, 0.05) is 19.3 Å². The summed E-state index contributed by atoms with van der Waals surface area (Å²) in [6.45, 7) is 4.48. The van der Waals surface area contributed by atoms with Crippen LogP contribution in [0.2, 0.25) is 0 Å². The number of carbonyl (C=O) groups is 3. The molecule has 8 nitrogen and oxygen atoms in total. The molecular formula is C45H74NO7+. The van der Waals surface area contributed by atoms with Crippen molar-refractivity contribution in [2.45, 2.75) is 142 Å². The molecule has 0 aromatic carbocycles. The summed E-state index contributed by atoms with van der Waals surface area (Å²) in [5.41, 5.74) is 0. The fraction of sp³-hybridized carbons (Fsp3) is 0.622. The van der Waals surface area contributed by atoms with Crippen LogP contribution in [0, 0.1) is 0 Å². The van der Waals surface area contributed by atoms with Gasteiger partial charge >= 0.3 is 17.9 Å². The Kier molecular flexibility index (Phi) is 33.2. The van der Waals surface area contributed by atoms with Gasteiger partial charge in [-0.25, -0.2) is 4.79 Å². The number of esters is 2. The van der Waals surface area contributed by atoms with Crippen molar-refractivity contribution < 1.29 is 38.2 Å². The first-order chi connectivity index (χ1) is 25.6. The zero-order valence-electron chi connectivity index (χ0n) is 33.9. The largest absolute Gasteiger partial charge is 0.477 e. The zero-order chi connectivity index (χ0) is 39.3. The predicted octanol–water partition coefficient (Wildman–Crippen LogP) is 10.6. The Morgan fingerprint density at radius 2 is 1.08 bits per heavy atom. The van der Waals surface area contributed by atoms with E-state index in [0.29, 0.717) is 19.3 Å². The summed E-state index contributed by atoms with van der Waals surface area (Å²) in [5, 5.41) is 9.59. The van der Waals surface area contributed by atoms with Gasteiger partial charge in [-0.1, -0.05) is 137 Å². The third-order valence-corrected chi connectivity index (χ3v) is 8.44. The van der Waals surface area contributed by atoms with Gasteiger partial charge in [-0.15, -0.1) is 0 Å². The van der Waals surface area contributed by atoms with Crippen molar-refractivity contribution in [3.05, 3.63) is 85.1 Å². The molecule has 0 aliphatic rings. The van der Waals surface area contributed by atoms with Gasteiger partial charge in [-0.2, -0.15) is 0 Å². The molecule has 0 aliphatic carbocycles. The average Bonchev–Trinajstić information content (AvgIpc) is 3.11. The fourth-order valence-corrected chi connectivity index (χ4v) is 5.29. The molecule has 0 fully saturated rings. The number of quaternary nitrogens is 1. The number of carboxylic acid groups (broad SMARTS) is 1. The molecule has 0 saturated heterocycles. The monoisotopic (exact) mass is 741 g/mol. The molecule has 0 spiro atoms. The summed E-state index contributed by atoms with van der Waals surface area (Å²) < 4.78 is 17.2. The summed E-state index contributed by atoms with van der Waals surface area (Å²) in [6, 6.07) is -0.627. The van der Waals surface area contributed by atoms with Gasteiger partial charge in [-0.05, 0) is 57.8 Å². The standard InChI is InChI=1S/C45H73NO7/c1-6-8-10-12-14-16-18-20-21-22-23-24-26-27-29-31-33-35-43(47)52-40-41(39-51-38-37-42(45(49)50)46(3,4)5)53-44(48)36-34-32-30-28-25-19-17-15-13-11-9-7-2/h8,10,12,14-18,20-24,26,41-42H,6-7,9,11,13,19,25,27-40H2,1-5H3/p+1/b10-8+,14-12+,17-15+,18-16+,21-20+,23-22+,26-24+. The minimum absolute atomic E-state index is 0.0377. The first-order valence-corrected chi connectivity index (χ1v) is 20.2. The molecule has 0 aromatic rings. The van der Waals surface area contributed by atoms with Crippen LogP contribution in [-0.2, 0) is 28.6 Å². The zero-order valence-corrected chi connectivity index (χ0v) is 33.9. The molecule has 300 valence electrons. The molecule has 0 amide bonds. The molecular weight excluding hydrogens is 666 g/mol. The number of nitrogens with zero attached hydrogens (tertiary/aromatic N) is 1. The van der Waals surface area contributed by atoms with Crippen molar-refractivity contribution in [2.24, 2.45) is 0 Å². The van der Waals surface area contributed by atoms with Crippen LogP contribution in [0.15, 0.2) is 85.1 Å². The Morgan fingerprint density at radius 3 is 1.64 bits per heavy atom. The highest BCUT2D eigenvalue weighted by Gasteiger charge is 2.31. The highest BCUT2D eigenvalue weighted by molar-refractivity contribution is 5.72. The lowest BCUT2D eigenvalue weighted by atomic mass is 10.1. The Hall–Kier alpha value is -3.49. The maximum Gasteiger partial charge on any atom is 0.362 e. The number of ether oxygens (including phenoxy) is 3. The second-order valence-electron chi connectivity index (χ2n) is 14.3. The van der Waals surface area contributed by atoms with E-state index in [9.17, 15) is 19.5 Å². The van der Waals surface area contributed by atoms with Crippen LogP contribution < -0.4 is 0 Å². The Bertz CT molecular complexity index is 1140. The first kappa shape index (κ1) is 49.5. The summed E-state index contributed by atoms with van der Waals surface area (Å²) in [4.78, 5) is 36.8. The van der Waals surface area contributed by atoms with Crippen molar-refractivity contribution in [3.63, 3.8) is 0 Å². The number of carbonyl (C=O) groups excluding carboxylic acids is 2. The topological polar surface area (TPSA) is 99.1 Å². The number of hydrogen-bond acceptors (Lipinski definition) is 6. The van der Waals surface area contributed by atoms with E-state index in [2.05, 4.69) is 38.2 Å². The van der Waals surface area contributed by atoms with Crippen molar-refractivity contribution in [3.8, 4) is 0 Å². The molecule has 0 heterocycles. The van der Waals surface area contributed by atoms with Crippen LogP contribution in [0.3, 0.4) is 0 Å². The van der Waals surface area contributed by atoms with Crippen LogP contribution in [0.1, 0.15) is 129 Å². The molecule has 0 bridgehead atoms. The van der Waals surface area contributed by atoms with E-state index >= 15 is 0 Å². The highest BCUT2D eigenvalue weighted by atomic mass is 16.6. The maximum absolute atomic E-state index is 12.7. The predicted molar refractivity (Wildman–Crippen MR) is 220 cm³/mol. The van der Waals surface area contributed by atoms with E-state index in [1.54, 1.807) is 0 Å². The van der Waals surface area contributed by atoms with E-state index < -0.39 is 18.1 Å². The van der Waals surface area contributed by atoms with Gasteiger partial charge in [0.1, 0.15) is 6.61 Å². The van der Waals surface area contributed by atoms with Crippen LogP contribution >= 0.6 is 0 Å². The lowest BCUT2D eigenvalue weighted by molar-refractivity contribution is -0.887. The van der Waals surface area contributed by atoms with E-state index in [1.165, 1.54) is 25.7 Å². The van der Waals surface area contributed by atoms with Crippen LogP contribution in [0.5, 0.6) is 0 Å². The number of likely N-dealkylation sites (N-methyl/N-ethyl adjacent to an activating group) is 1. The van der Waals surface area contributed by atoms with Gasteiger partial charge < -0.3 is 23.8 Å². The number of unbranched alkanes of at least 4 members (excludes halogenated alkanes) is 11. The second-order valence-corrected chi connectivity index (χ2v) is 14.3. The number of rotatable bonds is 34. The third-order valence-electron chi connectivity index (χ3n) is 8.44. The van der Waals surface area contributed by atoms with E-state index in [0.717, 1.165) is 70.6 Å². The Balaban J connectivity index is 4.52. The first-order valence-electron chi connectivity index (χ1n) is 20.2. The van der Waals surface area contributed by atoms with E-state index in [4.69, 9.17) is 14.2 Å². The fourth-order valence-electron chi connectivity index (χ4n) is 5.29. The van der Waals surface area contributed by atoms with Crippen molar-refractivity contribution in [2.75, 3.05) is 41.0 Å². The minimum Gasteiger partial charge on any atom is -0.477 e. The molecule has 8 heteroatoms. The van der Waals surface area contributed by atoms with Gasteiger partial charge in [-0.3, -0.25) is 9.59 Å². The molecule has 0 aromatic heterocycles. The number of allylic oxidation sites excluding steroid dienone is 14. The molecule has 2 unspecified atom stereocenters. The van der Waals surface area contributed by atoms with Gasteiger partial charge in [0.25, 0.3) is 0 Å². The number of carboxylic acids is 1. The number of aliphatic carboxylic acids is 1. The summed E-state index contributed by atoms with van der Waals surface area (Å²) in [7, 11) is 5.49. The van der Waals surface area contributed by atoms with E-state index in [-0.39, 0.29) is 36.2 Å². The lowest BCUT2D eigenvalue weighted by Crippen LogP contribution is -2.50. The molecule has 53 heavy (non-hydrogen) atoms. The van der Waals surface area contributed by atoms with Crippen molar-refractivity contribution >= 4 is 17.9 Å². The van der Waals surface area contributed by atoms with Crippen LogP contribution in [0.4, 0.5) is 0 Å². The molecule has 2 atom stereocenters. The van der Waals surface area contributed by atoms with E-state index in [1.807, 2.05) is 81.9 Å². The number of hydrogen-bond donors (Lipinski definition) is 1. The SMILES string of the molecule is CC/C=C/C=C/C=C/C=C/C=C/C=C/CCCCCC(=O)OCC(COCCC(C(=O)O)[N+](C)(C)C)OC(=O)CCCCCCC/C=C/CCCCC. The van der Waals surface area contributed by atoms with Gasteiger partial charge in [0.2, 0.25) is 0 Å². The smallest absolute Gasteiger partial charge is 0.362 e. The molecule has 0 radical (unpaired) electrons. The normalized spacial score (nSPS) is 13.9. The Labute approximate surface area is 323 Å². The van der Waals surface area contributed by atoms with Crippen LogP contribution in [-0.4, -0.2) is 80.6 Å². The summed E-state index contributed by atoms with van der Waals surface area (Å²) in [6.07, 6.45) is 44.8. The molecule has 0 aliphatic heterocycles. The summed E-state index contributed by atoms with van der Waals surface area (Å²) >= 11 is 0. The molecule has 0 saturated carbocycles. The highest BCUT2D eigenvalue weighted by Crippen LogP contribution is 2.12. The van der Waals surface area contributed by atoms with Gasteiger partial charge in [0.05, 0.1) is 34.4 Å². The van der Waals surface area contributed by atoms with Gasteiger partial charge in [0.15, 0.2) is 12.1 Å². The lowest BCUT2D eigenvalue weighted by Gasteiger charge is -2.31. The maximum atomic E-state index is 12.7. The van der Waals surface area contributed by atoms with Crippen molar-refractivity contribution in [1.29, 1.82) is 0 Å². The average molecular weight is 741 g/mol. The summed E-state index contributed by atoms with van der Waals surface area (Å²) in [5.74, 6) is -1.55. The van der Waals surface area contributed by atoms with Crippen LogP contribution in [0.25, 0.3) is 0 Å². The second kappa shape index (κ2) is 35.5. The molecule has 1 N–H and O–H groups in total. The minimum atomic E-state index is -0.888. The third kappa shape index (κ3) is 34.1. The molecule has 0 rings (SSSR count).